The fraction of sp³-hybridized carbons (Fsp3) is 0.200. The zero-order valence-corrected chi connectivity index (χ0v) is 16.2. The van der Waals surface area contributed by atoms with Crippen LogP contribution in [0.25, 0.3) is 0 Å². The molecular weight excluding hydrogens is 370 g/mol. The molecule has 0 radical (unpaired) electrons. The zero-order chi connectivity index (χ0) is 20.6. The van der Waals surface area contributed by atoms with Crippen molar-refractivity contribution in [1.82, 2.24) is 9.97 Å². The van der Waals surface area contributed by atoms with Crippen LogP contribution < -0.4 is 10.2 Å². The molecule has 2 aromatic carbocycles. The highest BCUT2D eigenvalue weighted by atomic mass is 16.6. The normalized spacial score (nSPS) is 10.8. The first-order valence-electron chi connectivity index (χ1n) is 9.20. The third-order valence-corrected chi connectivity index (χ3v) is 4.22. The molecule has 0 atom stereocenters. The number of azo groups is 1. The number of nitro groups is 1. The minimum absolute atomic E-state index is 0.144. The maximum Gasteiger partial charge on any atom is 0.353 e. The van der Waals surface area contributed by atoms with E-state index >= 15 is 0 Å². The van der Waals surface area contributed by atoms with E-state index in [4.69, 9.17) is 0 Å². The Balaban J connectivity index is 1.82. The van der Waals surface area contributed by atoms with Crippen molar-refractivity contribution < 1.29 is 4.92 Å². The first-order chi connectivity index (χ1) is 14.1. The number of hydrogen-bond donors (Lipinski definition) is 1. The Kier molecular flexibility index (Phi) is 6.41. The fourth-order valence-electron chi connectivity index (χ4n) is 2.74. The van der Waals surface area contributed by atoms with Gasteiger partial charge in [0.05, 0.1) is 16.3 Å². The van der Waals surface area contributed by atoms with Crippen molar-refractivity contribution in [1.29, 1.82) is 0 Å². The quantitative estimate of drug-likeness (QED) is 0.313. The Morgan fingerprint density at radius 2 is 1.59 bits per heavy atom. The van der Waals surface area contributed by atoms with Crippen molar-refractivity contribution in [3.63, 3.8) is 0 Å². The topological polar surface area (TPSA) is 109 Å². The minimum atomic E-state index is -0.460. The van der Waals surface area contributed by atoms with Crippen LogP contribution >= 0.6 is 0 Å². The summed E-state index contributed by atoms with van der Waals surface area (Å²) in [5.41, 5.74) is 1.93. The van der Waals surface area contributed by atoms with Crippen molar-refractivity contribution >= 4 is 34.4 Å². The molecule has 0 fully saturated rings. The second kappa shape index (κ2) is 9.36. The van der Waals surface area contributed by atoms with Crippen LogP contribution in [0, 0.1) is 10.1 Å². The molecule has 9 heteroatoms. The van der Waals surface area contributed by atoms with Crippen LogP contribution in [-0.2, 0) is 0 Å². The van der Waals surface area contributed by atoms with Crippen LogP contribution in [0.15, 0.2) is 71.2 Å². The number of benzene rings is 2. The van der Waals surface area contributed by atoms with Gasteiger partial charge >= 0.3 is 5.69 Å². The van der Waals surface area contributed by atoms with Crippen LogP contribution in [-0.4, -0.2) is 28.0 Å². The molecule has 1 heterocycles. The summed E-state index contributed by atoms with van der Waals surface area (Å²) in [5, 5.41) is 23.0. The number of hydrogen-bond acceptors (Lipinski definition) is 8. The summed E-state index contributed by atoms with van der Waals surface area (Å²) < 4.78 is 0. The summed E-state index contributed by atoms with van der Waals surface area (Å²) in [6, 6.07) is 16.5. The number of rotatable bonds is 8. The molecule has 0 spiro atoms. The smallest absolute Gasteiger partial charge is 0.351 e. The Labute approximate surface area is 168 Å². The highest BCUT2D eigenvalue weighted by Crippen LogP contribution is 2.33. The number of nitrogens with one attached hydrogen (secondary N) is 1. The predicted molar refractivity (Wildman–Crippen MR) is 113 cm³/mol. The number of nitrogens with zero attached hydrogens (tertiary/aromatic N) is 6. The highest BCUT2D eigenvalue weighted by molar-refractivity contribution is 5.74. The van der Waals surface area contributed by atoms with Gasteiger partial charge in [0.15, 0.2) is 0 Å². The summed E-state index contributed by atoms with van der Waals surface area (Å²) >= 11 is 0. The summed E-state index contributed by atoms with van der Waals surface area (Å²) in [4.78, 5) is 21.2. The van der Waals surface area contributed by atoms with Crippen LogP contribution in [0.1, 0.15) is 13.8 Å². The van der Waals surface area contributed by atoms with E-state index in [0.717, 1.165) is 5.69 Å². The highest BCUT2D eigenvalue weighted by Gasteiger charge is 2.26. The van der Waals surface area contributed by atoms with Gasteiger partial charge in [-0.2, -0.15) is 10.2 Å². The molecule has 0 saturated carbocycles. The Hall–Kier alpha value is -3.88. The summed E-state index contributed by atoms with van der Waals surface area (Å²) in [6.45, 7) is 5.06. The summed E-state index contributed by atoms with van der Waals surface area (Å²) in [5.74, 6) is 0.441. The molecule has 0 aliphatic carbocycles. The van der Waals surface area contributed by atoms with Gasteiger partial charge in [-0.1, -0.05) is 18.2 Å². The van der Waals surface area contributed by atoms with Gasteiger partial charge in [0.1, 0.15) is 6.33 Å². The lowest BCUT2D eigenvalue weighted by molar-refractivity contribution is -0.383. The van der Waals surface area contributed by atoms with Gasteiger partial charge in [-0.3, -0.25) is 10.1 Å². The third-order valence-electron chi connectivity index (χ3n) is 4.22. The predicted octanol–water partition coefficient (Wildman–Crippen LogP) is 5.39. The SMILES string of the molecule is CCN(CC)c1ncnc(Nc2ccc(N=Nc3ccccc3)cc2)c1[N+](=O)[O-]. The van der Waals surface area contributed by atoms with E-state index in [2.05, 4.69) is 25.5 Å². The van der Waals surface area contributed by atoms with Gasteiger partial charge < -0.3 is 10.2 Å². The van der Waals surface area contributed by atoms with E-state index in [1.807, 2.05) is 49.1 Å². The van der Waals surface area contributed by atoms with Crippen LogP contribution in [0.2, 0.25) is 0 Å². The Bertz CT molecular complexity index is 987. The van der Waals surface area contributed by atoms with E-state index in [9.17, 15) is 10.1 Å². The monoisotopic (exact) mass is 391 g/mol. The van der Waals surface area contributed by atoms with E-state index in [1.165, 1.54) is 6.33 Å². The second-order valence-corrected chi connectivity index (χ2v) is 6.03. The molecular formula is C20H21N7O2. The van der Waals surface area contributed by atoms with Crippen molar-refractivity contribution in [2.75, 3.05) is 23.3 Å². The van der Waals surface area contributed by atoms with E-state index in [0.29, 0.717) is 30.3 Å². The molecule has 29 heavy (non-hydrogen) atoms. The Morgan fingerprint density at radius 3 is 2.17 bits per heavy atom. The van der Waals surface area contributed by atoms with Crippen molar-refractivity contribution in [2.45, 2.75) is 13.8 Å². The van der Waals surface area contributed by atoms with Gasteiger partial charge in [0.2, 0.25) is 11.6 Å². The zero-order valence-electron chi connectivity index (χ0n) is 16.2. The van der Waals surface area contributed by atoms with Crippen LogP contribution in [0.3, 0.4) is 0 Å². The van der Waals surface area contributed by atoms with E-state index in [-0.39, 0.29) is 11.5 Å². The molecule has 1 N–H and O–H groups in total. The molecule has 0 aliphatic heterocycles. The molecule has 0 amide bonds. The molecule has 0 bridgehead atoms. The summed E-state index contributed by atoms with van der Waals surface area (Å²) in [7, 11) is 0. The van der Waals surface area contributed by atoms with Crippen molar-refractivity contribution in [2.24, 2.45) is 10.2 Å². The van der Waals surface area contributed by atoms with E-state index in [1.54, 1.807) is 24.3 Å². The number of aromatic nitrogens is 2. The lowest BCUT2D eigenvalue weighted by Crippen LogP contribution is -2.24. The lowest BCUT2D eigenvalue weighted by Gasteiger charge is -2.20. The van der Waals surface area contributed by atoms with Crippen LogP contribution in [0.4, 0.5) is 34.4 Å². The average Bonchev–Trinajstić information content (AvgIpc) is 2.75. The standard InChI is InChI=1S/C20H21N7O2/c1-3-26(4-2)20-18(27(28)29)19(21-14-22-20)23-15-10-12-17(13-11-15)25-24-16-8-6-5-7-9-16/h5-14H,3-4H2,1-2H3,(H,21,22,23). The van der Waals surface area contributed by atoms with Gasteiger partial charge in [-0.25, -0.2) is 9.97 Å². The molecule has 1 aromatic heterocycles. The third kappa shape index (κ3) is 4.89. The molecule has 148 valence electrons. The largest absolute Gasteiger partial charge is 0.353 e. The lowest BCUT2D eigenvalue weighted by atomic mass is 10.2. The van der Waals surface area contributed by atoms with Crippen molar-refractivity contribution in [3.05, 3.63) is 71.0 Å². The molecule has 9 nitrogen and oxygen atoms in total. The summed E-state index contributed by atoms with van der Waals surface area (Å²) in [6.07, 6.45) is 1.32. The van der Waals surface area contributed by atoms with Crippen LogP contribution in [0.5, 0.6) is 0 Å². The maximum absolute atomic E-state index is 11.7. The average molecular weight is 391 g/mol. The van der Waals surface area contributed by atoms with Gasteiger partial charge in [0, 0.05) is 18.8 Å². The Morgan fingerprint density at radius 1 is 0.966 bits per heavy atom. The second-order valence-electron chi connectivity index (χ2n) is 6.03. The molecule has 3 aromatic rings. The van der Waals surface area contributed by atoms with Gasteiger partial charge in [-0.05, 0) is 50.2 Å². The fourth-order valence-corrected chi connectivity index (χ4v) is 2.74. The molecule has 0 unspecified atom stereocenters. The van der Waals surface area contributed by atoms with Gasteiger partial charge in [-0.15, -0.1) is 0 Å². The molecule has 0 saturated heterocycles. The van der Waals surface area contributed by atoms with E-state index < -0.39 is 4.92 Å². The molecule has 3 rings (SSSR count). The van der Waals surface area contributed by atoms with Crippen molar-refractivity contribution in [3.8, 4) is 0 Å². The minimum Gasteiger partial charge on any atom is -0.351 e. The van der Waals surface area contributed by atoms with Gasteiger partial charge in [0.25, 0.3) is 0 Å². The molecule has 0 aliphatic rings. The maximum atomic E-state index is 11.7. The first-order valence-corrected chi connectivity index (χ1v) is 9.20. The first kappa shape index (κ1) is 19.9. The number of anilines is 3.